The fraction of sp³-hybridized carbons (Fsp3) is 0.296. The van der Waals surface area contributed by atoms with Crippen LogP contribution in [0.15, 0.2) is 59.5 Å². The first kappa shape index (κ1) is 21.8. The Morgan fingerprint density at radius 2 is 1.86 bits per heavy atom. The van der Waals surface area contributed by atoms with E-state index in [2.05, 4.69) is 15.2 Å². The average Bonchev–Trinajstić information content (AvgIpc) is 3.24. The summed E-state index contributed by atoms with van der Waals surface area (Å²) >= 11 is 0. The number of rotatable bonds is 7. The molecule has 1 amide bonds. The summed E-state index contributed by atoms with van der Waals surface area (Å²) in [7, 11) is 0. The molecule has 0 saturated carbocycles. The number of carbonyl (C=O) groups excluding carboxylic acids is 1. The maximum atomic E-state index is 13.3. The van der Waals surface area contributed by atoms with Crippen LogP contribution in [-0.2, 0) is 9.53 Å². The third kappa shape index (κ3) is 3.94. The minimum absolute atomic E-state index is 0.0567. The van der Waals surface area contributed by atoms with Crippen LogP contribution in [0, 0.1) is 0 Å². The lowest BCUT2D eigenvalue weighted by Crippen LogP contribution is -2.38. The molecule has 1 fully saturated rings. The predicted octanol–water partition coefficient (Wildman–Crippen LogP) is 2.81. The van der Waals surface area contributed by atoms with Gasteiger partial charge in [-0.1, -0.05) is 18.2 Å². The molecule has 5 aromatic rings. The molecule has 0 atom stereocenters. The van der Waals surface area contributed by atoms with Crippen LogP contribution < -0.4 is 15.6 Å². The van der Waals surface area contributed by atoms with Gasteiger partial charge >= 0.3 is 0 Å². The molecule has 1 aliphatic rings. The minimum Gasteiger partial charge on any atom is -0.484 e. The summed E-state index contributed by atoms with van der Waals surface area (Å²) in [5.74, 6) is 0.437. The van der Waals surface area contributed by atoms with E-state index >= 15 is 0 Å². The molecule has 2 aromatic carbocycles. The zero-order valence-electron chi connectivity index (χ0n) is 19.3. The van der Waals surface area contributed by atoms with E-state index in [1.54, 1.807) is 16.7 Å². The number of amides is 1. The van der Waals surface area contributed by atoms with E-state index in [0.29, 0.717) is 17.7 Å². The van der Waals surface area contributed by atoms with E-state index in [1.807, 2.05) is 42.5 Å². The number of fused-ring (bicyclic) bond motifs is 5. The van der Waals surface area contributed by atoms with Crippen LogP contribution in [0.2, 0.25) is 0 Å². The number of nitrogens with zero attached hydrogens (tertiary/aromatic N) is 3. The first-order chi connectivity index (χ1) is 17.2. The molecule has 0 bridgehead atoms. The lowest BCUT2D eigenvalue weighted by molar-refractivity contribution is -0.123. The van der Waals surface area contributed by atoms with Crippen molar-refractivity contribution in [3.05, 3.63) is 65.1 Å². The molecular formula is C27H26N4O4. The number of benzene rings is 2. The Bertz CT molecular complexity index is 1590. The summed E-state index contributed by atoms with van der Waals surface area (Å²) in [6, 6.07) is 15.1. The molecule has 8 heteroatoms. The van der Waals surface area contributed by atoms with Crippen molar-refractivity contribution in [3.63, 3.8) is 0 Å². The summed E-state index contributed by atoms with van der Waals surface area (Å²) in [6.07, 6.45) is 2.66. The molecule has 3 aromatic heterocycles. The quantitative estimate of drug-likeness (QED) is 0.291. The molecule has 0 aliphatic carbocycles. The summed E-state index contributed by atoms with van der Waals surface area (Å²) in [5.41, 5.74) is 2.34. The van der Waals surface area contributed by atoms with Crippen LogP contribution in [0.3, 0.4) is 0 Å². The zero-order chi connectivity index (χ0) is 23.8. The van der Waals surface area contributed by atoms with Gasteiger partial charge < -0.3 is 14.8 Å². The Labute approximate surface area is 201 Å². The topological polar surface area (TPSA) is 85.2 Å². The highest BCUT2D eigenvalue weighted by Crippen LogP contribution is 2.34. The van der Waals surface area contributed by atoms with Crippen LogP contribution >= 0.6 is 0 Å². The first-order valence-electron chi connectivity index (χ1n) is 12.0. The number of ether oxygens (including phenoxy) is 2. The second kappa shape index (κ2) is 9.13. The molecule has 1 saturated heterocycles. The molecule has 178 valence electrons. The van der Waals surface area contributed by atoms with Gasteiger partial charge in [0.2, 0.25) is 0 Å². The number of hydrogen-bond donors (Lipinski definition) is 1. The minimum atomic E-state index is -0.149. The molecule has 0 radical (unpaired) electrons. The molecule has 1 N–H and O–H groups in total. The van der Waals surface area contributed by atoms with Crippen LogP contribution in [-0.4, -0.2) is 66.2 Å². The predicted molar refractivity (Wildman–Crippen MR) is 136 cm³/mol. The number of morpholine rings is 1. The van der Waals surface area contributed by atoms with E-state index in [9.17, 15) is 9.59 Å². The van der Waals surface area contributed by atoms with Gasteiger partial charge in [-0.2, -0.15) is 0 Å². The molecule has 8 nitrogen and oxygen atoms in total. The third-order valence-electron chi connectivity index (χ3n) is 6.71. The van der Waals surface area contributed by atoms with E-state index in [-0.39, 0.29) is 18.1 Å². The van der Waals surface area contributed by atoms with Crippen LogP contribution in [0.25, 0.3) is 38.1 Å². The van der Waals surface area contributed by atoms with Crippen molar-refractivity contribution < 1.29 is 14.3 Å². The number of nitrogens with one attached hydrogen (secondary N) is 1. The summed E-state index contributed by atoms with van der Waals surface area (Å²) in [4.78, 5) is 32.6. The second-order valence-electron chi connectivity index (χ2n) is 8.87. The van der Waals surface area contributed by atoms with Gasteiger partial charge in [0.25, 0.3) is 11.5 Å². The number of hydrogen-bond acceptors (Lipinski definition) is 6. The van der Waals surface area contributed by atoms with Crippen LogP contribution in [0.4, 0.5) is 0 Å². The number of carbonyl (C=O) groups is 1. The van der Waals surface area contributed by atoms with Crippen molar-refractivity contribution in [1.29, 1.82) is 0 Å². The molecular weight excluding hydrogens is 444 g/mol. The Kier molecular flexibility index (Phi) is 5.67. The van der Waals surface area contributed by atoms with Gasteiger partial charge in [-0.15, -0.1) is 0 Å². The molecule has 6 rings (SSSR count). The van der Waals surface area contributed by atoms with Gasteiger partial charge in [0.1, 0.15) is 5.75 Å². The first-order valence-corrected chi connectivity index (χ1v) is 12.0. The summed E-state index contributed by atoms with van der Waals surface area (Å²) in [5, 5.41) is 6.25. The smallest absolute Gasteiger partial charge is 0.263 e. The molecule has 4 heterocycles. The molecule has 1 aliphatic heterocycles. The van der Waals surface area contributed by atoms with Crippen molar-refractivity contribution in [2.45, 2.75) is 6.42 Å². The summed E-state index contributed by atoms with van der Waals surface area (Å²) < 4.78 is 12.9. The van der Waals surface area contributed by atoms with E-state index in [1.165, 1.54) is 0 Å². The van der Waals surface area contributed by atoms with Crippen LogP contribution in [0.5, 0.6) is 5.75 Å². The number of pyridine rings is 2. The Hall–Kier alpha value is -3.75. The van der Waals surface area contributed by atoms with E-state index in [4.69, 9.17) is 9.47 Å². The van der Waals surface area contributed by atoms with Gasteiger partial charge in [0.15, 0.2) is 6.61 Å². The summed E-state index contributed by atoms with van der Waals surface area (Å²) in [6.45, 7) is 4.97. The lowest BCUT2D eigenvalue weighted by atomic mass is 10.1. The van der Waals surface area contributed by atoms with Crippen molar-refractivity contribution >= 4 is 44.0 Å². The Morgan fingerprint density at radius 1 is 1.03 bits per heavy atom. The molecule has 35 heavy (non-hydrogen) atoms. The fourth-order valence-corrected chi connectivity index (χ4v) is 4.99. The maximum Gasteiger partial charge on any atom is 0.263 e. The van der Waals surface area contributed by atoms with Gasteiger partial charge in [-0.25, -0.2) is 0 Å². The largest absolute Gasteiger partial charge is 0.484 e. The zero-order valence-corrected chi connectivity index (χ0v) is 19.3. The normalized spacial score (nSPS) is 14.9. The van der Waals surface area contributed by atoms with Gasteiger partial charge in [0.05, 0.1) is 29.8 Å². The van der Waals surface area contributed by atoms with Crippen molar-refractivity contribution in [1.82, 2.24) is 19.6 Å². The Morgan fingerprint density at radius 3 is 2.71 bits per heavy atom. The highest BCUT2D eigenvalue weighted by molar-refractivity contribution is 6.18. The Balaban J connectivity index is 1.20. The van der Waals surface area contributed by atoms with E-state index in [0.717, 1.165) is 72.0 Å². The van der Waals surface area contributed by atoms with Crippen molar-refractivity contribution in [2.24, 2.45) is 0 Å². The highest BCUT2D eigenvalue weighted by atomic mass is 16.5. The second-order valence-corrected chi connectivity index (χ2v) is 8.87. The van der Waals surface area contributed by atoms with Gasteiger partial charge in [-0.05, 0) is 43.3 Å². The van der Waals surface area contributed by atoms with Crippen molar-refractivity contribution in [3.8, 4) is 5.75 Å². The van der Waals surface area contributed by atoms with Crippen molar-refractivity contribution in [2.75, 3.05) is 46.0 Å². The average molecular weight is 471 g/mol. The third-order valence-corrected chi connectivity index (χ3v) is 6.71. The van der Waals surface area contributed by atoms with E-state index < -0.39 is 0 Å². The number of aromatic nitrogens is 2. The molecule has 0 unspecified atom stereocenters. The fourth-order valence-electron chi connectivity index (χ4n) is 4.99. The molecule has 0 spiro atoms. The monoisotopic (exact) mass is 470 g/mol. The SMILES string of the molecule is O=C(COc1ccc2c(c1)c1ccnc3c4ccccc4c(=O)n2c13)NCCCN1CCOCC1. The highest BCUT2D eigenvalue weighted by Gasteiger charge is 2.18. The van der Waals surface area contributed by atoms with Gasteiger partial charge in [0, 0.05) is 47.4 Å². The maximum absolute atomic E-state index is 13.3. The standard InChI is InChI=1S/C27H26N4O4/c32-24(28-9-3-11-30-12-14-34-15-13-30)17-35-18-6-7-23-22(16-18)20-8-10-29-25-19-4-1-2-5-21(19)27(33)31(23)26(20)25/h1-2,4-8,10,16H,3,9,11-15,17H2,(H,28,32). The van der Waals surface area contributed by atoms with Gasteiger partial charge in [-0.3, -0.25) is 23.9 Å². The lowest BCUT2D eigenvalue weighted by Gasteiger charge is -2.26. The van der Waals surface area contributed by atoms with Crippen LogP contribution in [0.1, 0.15) is 6.42 Å².